The monoisotopic (exact) mass is 346 g/mol. The number of hydrogen-bond acceptors (Lipinski definition) is 3. The van der Waals surface area contributed by atoms with Gasteiger partial charge in [0.05, 0.1) is 12.5 Å². The van der Waals surface area contributed by atoms with Gasteiger partial charge >= 0.3 is 0 Å². The van der Waals surface area contributed by atoms with Gasteiger partial charge in [-0.15, -0.1) is 0 Å². The number of carbonyl (C=O) groups is 2. The summed E-state index contributed by atoms with van der Waals surface area (Å²) in [5.74, 6) is 0.270. The van der Waals surface area contributed by atoms with E-state index in [2.05, 4.69) is 19.2 Å². The van der Waals surface area contributed by atoms with E-state index in [1.54, 1.807) is 0 Å². The Hall–Kier alpha value is -2.04. The molecule has 1 aliphatic carbocycles. The molecule has 1 saturated carbocycles. The highest BCUT2D eigenvalue weighted by Crippen LogP contribution is 2.23. The van der Waals surface area contributed by atoms with Crippen molar-refractivity contribution in [2.75, 3.05) is 6.61 Å². The number of nitrogens with two attached hydrogens (primary N) is 1. The van der Waals surface area contributed by atoms with Crippen molar-refractivity contribution in [3.63, 3.8) is 0 Å². The van der Waals surface area contributed by atoms with E-state index in [0.717, 1.165) is 37.9 Å². The van der Waals surface area contributed by atoms with E-state index in [-0.39, 0.29) is 23.8 Å². The fourth-order valence-corrected chi connectivity index (χ4v) is 3.33. The van der Waals surface area contributed by atoms with E-state index in [0.29, 0.717) is 19.4 Å². The Morgan fingerprint density at radius 1 is 1.16 bits per heavy atom. The summed E-state index contributed by atoms with van der Waals surface area (Å²) in [5, 5.41) is 3.01. The Morgan fingerprint density at radius 3 is 2.64 bits per heavy atom. The Morgan fingerprint density at radius 2 is 1.92 bits per heavy atom. The van der Waals surface area contributed by atoms with Gasteiger partial charge in [0.15, 0.2) is 0 Å². The predicted molar refractivity (Wildman–Crippen MR) is 98.3 cm³/mol. The molecule has 1 fully saturated rings. The van der Waals surface area contributed by atoms with Crippen molar-refractivity contribution in [1.29, 1.82) is 0 Å². The van der Waals surface area contributed by atoms with Gasteiger partial charge in [-0.05, 0) is 56.4 Å². The Kier molecular flexibility index (Phi) is 7.29. The van der Waals surface area contributed by atoms with Crippen LogP contribution in [0, 0.1) is 19.8 Å². The molecule has 0 aromatic heterocycles. The third-order valence-corrected chi connectivity index (χ3v) is 5.02. The quantitative estimate of drug-likeness (QED) is 0.588. The second-order valence-corrected chi connectivity index (χ2v) is 7.02. The van der Waals surface area contributed by atoms with Gasteiger partial charge in [0.2, 0.25) is 11.8 Å². The van der Waals surface area contributed by atoms with Crippen molar-refractivity contribution in [3.05, 3.63) is 29.3 Å². The zero-order valence-electron chi connectivity index (χ0n) is 15.3. The van der Waals surface area contributed by atoms with E-state index in [9.17, 15) is 9.59 Å². The normalized spacial score (nSPS) is 20.6. The van der Waals surface area contributed by atoms with Gasteiger partial charge < -0.3 is 15.8 Å². The molecule has 0 radical (unpaired) electrons. The molecular weight excluding hydrogens is 316 g/mol. The molecule has 1 aromatic carbocycles. The van der Waals surface area contributed by atoms with Gasteiger partial charge in [0.1, 0.15) is 5.75 Å². The molecule has 5 heteroatoms. The largest absolute Gasteiger partial charge is 0.494 e. The number of amides is 2. The van der Waals surface area contributed by atoms with Gasteiger partial charge in [-0.1, -0.05) is 25.3 Å². The van der Waals surface area contributed by atoms with Crippen LogP contribution in [0.3, 0.4) is 0 Å². The maximum atomic E-state index is 12.2. The summed E-state index contributed by atoms with van der Waals surface area (Å²) in [5.41, 5.74) is 7.93. The molecule has 0 saturated heterocycles. The first-order valence-corrected chi connectivity index (χ1v) is 9.26. The average molecular weight is 346 g/mol. The molecule has 138 valence electrons. The van der Waals surface area contributed by atoms with Crippen molar-refractivity contribution in [2.45, 2.75) is 64.8 Å². The van der Waals surface area contributed by atoms with Crippen LogP contribution in [0.5, 0.6) is 5.75 Å². The van der Waals surface area contributed by atoms with Gasteiger partial charge in [0, 0.05) is 12.5 Å². The lowest BCUT2D eigenvalue weighted by Gasteiger charge is -2.23. The predicted octanol–water partition coefficient (Wildman–Crippen LogP) is 3.01. The molecule has 0 aliphatic heterocycles. The molecule has 0 bridgehead atoms. The summed E-state index contributed by atoms with van der Waals surface area (Å²) in [6.45, 7) is 4.62. The molecule has 3 N–H and O–H groups in total. The van der Waals surface area contributed by atoms with Crippen LogP contribution >= 0.6 is 0 Å². The lowest BCUT2D eigenvalue weighted by Crippen LogP contribution is -2.44. The van der Waals surface area contributed by atoms with Crippen LogP contribution in [0.15, 0.2) is 18.2 Å². The summed E-state index contributed by atoms with van der Waals surface area (Å²) in [6.07, 6.45) is 5.78. The Balaban J connectivity index is 1.74. The van der Waals surface area contributed by atoms with Crippen LogP contribution in [-0.4, -0.2) is 24.5 Å². The zero-order valence-corrected chi connectivity index (χ0v) is 15.3. The van der Waals surface area contributed by atoms with Crippen LogP contribution in [-0.2, 0) is 9.59 Å². The highest BCUT2D eigenvalue weighted by atomic mass is 16.5. The number of hydrogen-bond donors (Lipinski definition) is 2. The van der Waals surface area contributed by atoms with Crippen LogP contribution in [0.1, 0.15) is 56.1 Å². The SMILES string of the molecule is Cc1ccc(OCCCC(=O)N[C@@H]2CCCCC[C@H]2C(N)=O)cc1C. The Bertz CT molecular complexity index is 601. The van der Waals surface area contributed by atoms with Crippen LogP contribution in [0.2, 0.25) is 0 Å². The third-order valence-electron chi connectivity index (χ3n) is 5.02. The van der Waals surface area contributed by atoms with E-state index < -0.39 is 0 Å². The number of primary amides is 1. The van der Waals surface area contributed by atoms with Crippen molar-refractivity contribution in [1.82, 2.24) is 5.32 Å². The lowest BCUT2D eigenvalue weighted by atomic mass is 9.94. The number of aryl methyl sites for hydroxylation is 2. The summed E-state index contributed by atoms with van der Waals surface area (Å²) >= 11 is 0. The molecule has 0 unspecified atom stereocenters. The summed E-state index contributed by atoms with van der Waals surface area (Å²) < 4.78 is 5.71. The lowest BCUT2D eigenvalue weighted by molar-refractivity contribution is -0.125. The number of carbonyl (C=O) groups excluding carboxylic acids is 2. The van der Waals surface area contributed by atoms with Crippen molar-refractivity contribution < 1.29 is 14.3 Å². The summed E-state index contributed by atoms with van der Waals surface area (Å²) in [4.78, 5) is 23.8. The summed E-state index contributed by atoms with van der Waals surface area (Å²) in [6, 6.07) is 5.88. The van der Waals surface area contributed by atoms with E-state index in [1.807, 2.05) is 18.2 Å². The van der Waals surface area contributed by atoms with Gasteiger partial charge in [-0.25, -0.2) is 0 Å². The van der Waals surface area contributed by atoms with E-state index >= 15 is 0 Å². The van der Waals surface area contributed by atoms with Crippen LogP contribution in [0.4, 0.5) is 0 Å². The fourth-order valence-electron chi connectivity index (χ4n) is 3.33. The first-order valence-electron chi connectivity index (χ1n) is 9.26. The van der Waals surface area contributed by atoms with Gasteiger partial charge in [0.25, 0.3) is 0 Å². The fraction of sp³-hybridized carbons (Fsp3) is 0.600. The molecular formula is C20H30N2O3. The number of benzene rings is 1. The maximum Gasteiger partial charge on any atom is 0.222 e. The van der Waals surface area contributed by atoms with Gasteiger partial charge in [-0.3, -0.25) is 9.59 Å². The second-order valence-electron chi connectivity index (χ2n) is 7.02. The number of nitrogens with one attached hydrogen (secondary N) is 1. The molecule has 2 atom stereocenters. The van der Waals surface area contributed by atoms with Crippen LogP contribution < -0.4 is 15.8 Å². The summed E-state index contributed by atoms with van der Waals surface area (Å²) in [7, 11) is 0. The second kappa shape index (κ2) is 9.44. The van der Waals surface area contributed by atoms with E-state index in [4.69, 9.17) is 10.5 Å². The molecule has 2 rings (SSSR count). The van der Waals surface area contributed by atoms with Crippen molar-refractivity contribution in [3.8, 4) is 5.75 Å². The highest BCUT2D eigenvalue weighted by molar-refractivity contribution is 5.80. The van der Waals surface area contributed by atoms with Crippen molar-refractivity contribution >= 4 is 11.8 Å². The minimum absolute atomic E-state index is 0.0261. The first-order chi connectivity index (χ1) is 12.0. The molecule has 5 nitrogen and oxygen atoms in total. The molecule has 2 amide bonds. The minimum atomic E-state index is -0.301. The topological polar surface area (TPSA) is 81.4 Å². The first kappa shape index (κ1) is 19.3. The van der Waals surface area contributed by atoms with Gasteiger partial charge in [-0.2, -0.15) is 0 Å². The molecule has 25 heavy (non-hydrogen) atoms. The number of ether oxygens (including phenoxy) is 1. The molecule has 0 heterocycles. The number of rotatable bonds is 7. The molecule has 0 spiro atoms. The smallest absolute Gasteiger partial charge is 0.222 e. The van der Waals surface area contributed by atoms with E-state index in [1.165, 1.54) is 11.1 Å². The molecule has 1 aliphatic rings. The minimum Gasteiger partial charge on any atom is -0.494 e. The average Bonchev–Trinajstić information content (AvgIpc) is 2.80. The Labute approximate surface area is 150 Å². The van der Waals surface area contributed by atoms with Crippen molar-refractivity contribution in [2.24, 2.45) is 11.7 Å². The zero-order chi connectivity index (χ0) is 18.2. The highest BCUT2D eigenvalue weighted by Gasteiger charge is 2.28. The van der Waals surface area contributed by atoms with Crippen LogP contribution in [0.25, 0.3) is 0 Å². The molecule has 1 aromatic rings. The third kappa shape index (κ3) is 6.07. The maximum absolute atomic E-state index is 12.2. The standard InChI is InChI=1S/C20H30N2O3/c1-14-10-11-16(13-15(14)2)25-12-6-9-19(23)22-18-8-5-3-4-7-17(18)20(21)24/h10-11,13,17-18H,3-9,12H2,1-2H3,(H2,21,24)(H,22,23)/t17-,18-/m1/s1.